The number of nitrogens with zero attached hydrogens (tertiary/aromatic N) is 3. The molecule has 0 amide bonds. The molecule has 0 radical (unpaired) electrons. The van der Waals surface area contributed by atoms with E-state index in [-0.39, 0.29) is 11.5 Å². The molecular formula is C19H21F3N6O2S. The summed E-state index contributed by atoms with van der Waals surface area (Å²) in [5.41, 5.74) is 6.98. The molecule has 1 aromatic carbocycles. The van der Waals surface area contributed by atoms with Crippen molar-refractivity contribution in [3.63, 3.8) is 0 Å². The van der Waals surface area contributed by atoms with E-state index >= 15 is 0 Å². The Hall–Kier alpha value is -2.99. The third kappa shape index (κ3) is 4.54. The summed E-state index contributed by atoms with van der Waals surface area (Å²) in [6.45, 7) is 6.52. The molecule has 0 aliphatic rings. The van der Waals surface area contributed by atoms with Crippen LogP contribution in [0.5, 0.6) is 0 Å². The van der Waals surface area contributed by atoms with E-state index in [0.717, 1.165) is 12.1 Å². The average Bonchev–Trinajstić information content (AvgIpc) is 2.98. The minimum Gasteiger partial charge on any atom is -0.368 e. The summed E-state index contributed by atoms with van der Waals surface area (Å²) in [5, 5.41) is 6.73. The molecule has 2 heterocycles. The van der Waals surface area contributed by atoms with Gasteiger partial charge < -0.3 is 5.73 Å². The molecule has 4 N–H and O–H groups in total. The Balaban J connectivity index is 2.12. The van der Waals surface area contributed by atoms with Crippen molar-refractivity contribution in [2.75, 3.05) is 5.73 Å². The van der Waals surface area contributed by atoms with Crippen LogP contribution in [0.4, 0.5) is 19.1 Å². The summed E-state index contributed by atoms with van der Waals surface area (Å²) in [5.74, 6) is 0.00218. The Morgan fingerprint density at radius 2 is 1.84 bits per heavy atom. The van der Waals surface area contributed by atoms with Crippen molar-refractivity contribution in [1.82, 2.24) is 24.9 Å². The molecule has 3 rings (SSSR count). The standard InChI is InChI=1S/C19H21F3N6O2S/c1-9-14(8-24-18(23)25-9)13-5-6-15(19(20,21)22)16(7-13)31(29,30)28-12(4)17-10(2)26-27-11(17)3/h5-8,12,28H,1-4H3,(H,26,27)(H2,23,24,25). The van der Waals surface area contributed by atoms with Crippen LogP contribution in [0.2, 0.25) is 0 Å². The van der Waals surface area contributed by atoms with Gasteiger partial charge >= 0.3 is 6.18 Å². The summed E-state index contributed by atoms with van der Waals surface area (Å²) in [7, 11) is -4.56. The number of rotatable bonds is 5. The van der Waals surface area contributed by atoms with Gasteiger partial charge in [0.25, 0.3) is 0 Å². The Labute approximate surface area is 177 Å². The topological polar surface area (TPSA) is 127 Å². The lowest BCUT2D eigenvalue weighted by atomic mass is 10.0. The van der Waals surface area contributed by atoms with E-state index in [1.54, 1.807) is 20.8 Å². The van der Waals surface area contributed by atoms with Crippen LogP contribution in [0, 0.1) is 20.8 Å². The second-order valence-corrected chi connectivity index (χ2v) is 8.81. The predicted molar refractivity (Wildman–Crippen MR) is 108 cm³/mol. The largest absolute Gasteiger partial charge is 0.417 e. The van der Waals surface area contributed by atoms with Crippen molar-refractivity contribution in [3.8, 4) is 11.1 Å². The van der Waals surface area contributed by atoms with E-state index in [0.29, 0.717) is 28.2 Å². The number of nitrogen functional groups attached to an aromatic ring is 1. The number of nitrogens with one attached hydrogen (secondary N) is 2. The molecule has 0 bridgehead atoms. The number of anilines is 1. The molecule has 8 nitrogen and oxygen atoms in total. The van der Waals surface area contributed by atoms with Crippen LogP contribution in [0.25, 0.3) is 11.1 Å². The lowest BCUT2D eigenvalue weighted by Gasteiger charge is -2.19. The maximum absolute atomic E-state index is 13.6. The lowest BCUT2D eigenvalue weighted by molar-refractivity contribution is -0.139. The quantitative estimate of drug-likeness (QED) is 0.542. The van der Waals surface area contributed by atoms with Gasteiger partial charge in [-0.1, -0.05) is 6.07 Å². The monoisotopic (exact) mass is 454 g/mol. The average molecular weight is 454 g/mol. The Kier molecular flexibility index (Phi) is 5.80. The number of halogens is 3. The van der Waals surface area contributed by atoms with Gasteiger partial charge in [-0.15, -0.1) is 0 Å². The van der Waals surface area contributed by atoms with Gasteiger partial charge in [0.1, 0.15) is 0 Å². The van der Waals surface area contributed by atoms with E-state index in [4.69, 9.17) is 5.73 Å². The first-order valence-electron chi connectivity index (χ1n) is 9.15. The second kappa shape index (κ2) is 7.93. The molecule has 0 aliphatic carbocycles. The molecule has 166 valence electrons. The third-order valence-corrected chi connectivity index (χ3v) is 6.42. The van der Waals surface area contributed by atoms with Crippen molar-refractivity contribution in [2.24, 2.45) is 0 Å². The molecule has 31 heavy (non-hydrogen) atoms. The number of alkyl halides is 3. The minimum atomic E-state index is -4.88. The molecule has 0 fully saturated rings. The van der Waals surface area contributed by atoms with Crippen molar-refractivity contribution >= 4 is 16.0 Å². The summed E-state index contributed by atoms with van der Waals surface area (Å²) in [6, 6.07) is 2.07. The van der Waals surface area contributed by atoms with Gasteiger partial charge in [0.05, 0.1) is 21.8 Å². The van der Waals surface area contributed by atoms with Crippen LogP contribution in [-0.2, 0) is 16.2 Å². The SMILES string of the molecule is Cc1nc(N)ncc1-c1ccc(C(F)(F)F)c(S(=O)(=O)NC(C)c2c(C)n[nH]c2C)c1. The number of hydrogen-bond donors (Lipinski definition) is 3. The number of aromatic nitrogens is 4. The van der Waals surface area contributed by atoms with Crippen molar-refractivity contribution in [3.05, 3.63) is 52.6 Å². The van der Waals surface area contributed by atoms with E-state index in [2.05, 4.69) is 24.9 Å². The zero-order chi connectivity index (χ0) is 23.1. The molecule has 0 aliphatic heterocycles. The first kappa shape index (κ1) is 22.7. The number of sulfonamides is 1. The van der Waals surface area contributed by atoms with Gasteiger partial charge in [0.15, 0.2) is 0 Å². The fourth-order valence-corrected chi connectivity index (χ4v) is 4.93. The van der Waals surface area contributed by atoms with Gasteiger partial charge in [0.2, 0.25) is 16.0 Å². The molecule has 2 aromatic heterocycles. The van der Waals surface area contributed by atoms with Crippen LogP contribution >= 0.6 is 0 Å². The molecule has 0 saturated heterocycles. The fourth-order valence-electron chi connectivity index (χ4n) is 3.47. The molecule has 12 heteroatoms. The zero-order valence-electron chi connectivity index (χ0n) is 17.2. The van der Waals surface area contributed by atoms with Gasteiger partial charge in [-0.2, -0.15) is 18.3 Å². The van der Waals surface area contributed by atoms with Crippen LogP contribution < -0.4 is 10.5 Å². The Morgan fingerprint density at radius 3 is 2.39 bits per heavy atom. The van der Waals surface area contributed by atoms with Crippen LogP contribution in [0.3, 0.4) is 0 Å². The number of aromatic amines is 1. The maximum atomic E-state index is 13.6. The molecule has 3 aromatic rings. The minimum absolute atomic E-state index is 0.00218. The van der Waals surface area contributed by atoms with Gasteiger partial charge in [-0.3, -0.25) is 5.10 Å². The summed E-state index contributed by atoms with van der Waals surface area (Å²) >= 11 is 0. The van der Waals surface area contributed by atoms with Gasteiger partial charge in [0, 0.05) is 29.1 Å². The van der Waals surface area contributed by atoms with E-state index in [1.165, 1.54) is 19.2 Å². The zero-order valence-corrected chi connectivity index (χ0v) is 18.0. The normalized spacial score (nSPS) is 13.4. The Morgan fingerprint density at radius 1 is 1.16 bits per heavy atom. The first-order chi connectivity index (χ1) is 14.3. The molecule has 1 unspecified atom stereocenters. The number of aryl methyl sites for hydroxylation is 3. The predicted octanol–water partition coefficient (Wildman–Crippen LogP) is 3.43. The highest BCUT2D eigenvalue weighted by atomic mass is 32.2. The number of H-pyrrole nitrogens is 1. The van der Waals surface area contributed by atoms with Crippen LogP contribution in [0.15, 0.2) is 29.3 Å². The lowest BCUT2D eigenvalue weighted by Crippen LogP contribution is -2.29. The second-order valence-electron chi connectivity index (χ2n) is 7.13. The number of nitrogens with two attached hydrogens (primary N) is 1. The Bertz CT molecular complexity index is 1220. The fraction of sp³-hybridized carbons (Fsp3) is 0.316. The molecular weight excluding hydrogens is 433 g/mol. The number of benzene rings is 1. The van der Waals surface area contributed by atoms with E-state index < -0.39 is 32.7 Å². The van der Waals surface area contributed by atoms with Crippen molar-refractivity contribution < 1.29 is 21.6 Å². The van der Waals surface area contributed by atoms with Gasteiger partial charge in [-0.25, -0.2) is 23.1 Å². The highest BCUT2D eigenvalue weighted by Gasteiger charge is 2.38. The number of hydrogen-bond acceptors (Lipinski definition) is 6. The first-order valence-corrected chi connectivity index (χ1v) is 10.6. The highest BCUT2D eigenvalue weighted by molar-refractivity contribution is 7.89. The maximum Gasteiger partial charge on any atom is 0.417 e. The summed E-state index contributed by atoms with van der Waals surface area (Å²) in [6.07, 6.45) is -3.54. The van der Waals surface area contributed by atoms with Crippen molar-refractivity contribution in [1.29, 1.82) is 0 Å². The summed E-state index contributed by atoms with van der Waals surface area (Å²) < 4.78 is 69.4. The van der Waals surface area contributed by atoms with E-state index in [9.17, 15) is 21.6 Å². The third-order valence-electron chi connectivity index (χ3n) is 4.84. The van der Waals surface area contributed by atoms with Crippen molar-refractivity contribution in [2.45, 2.75) is 44.8 Å². The van der Waals surface area contributed by atoms with Crippen LogP contribution in [-0.4, -0.2) is 28.6 Å². The molecule has 0 spiro atoms. The highest BCUT2D eigenvalue weighted by Crippen LogP contribution is 2.37. The molecule has 0 saturated carbocycles. The summed E-state index contributed by atoms with van der Waals surface area (Å²) in [4.78, 5) is 6.94. The van der Waals surface area contributed by atoms with Gasteiger partial charge in [-0.05, 0) is 45.4 Å². The van der Waals surface area contributed by atoms with Crippen LogP contribution in [0.1, 0.15) is 41.2 Å². The molecule has 1 atom stereocenters. The van der Waals surface area contributed by atoms with E-state index in [1.807, 2.05) is 0 Å². The smallest absolute Gasteiger partial charge is 0.368 e.